The number of nitrogens with one attached hydrogen (secondary N) is 1. The first kappa shape index (κ1) is 14.9. The van der Waals surface area contributed by atoms with E-state index < -0.39 is 0 Å². The summed E-state index contributed by atoms with van der Waals surface area (Å²) in [6.07, 6.45) is 10.4. The molecule has 0 saturated carbocycles. The predicted molar refractivity (Wildman–Crippen MR) is 72.6 cm³/mol. The molecule has 2 unspecified atom stereocenters. The van der Waals surface area contributed by atoms with Crippen molar-refractivity contribution in [1.82, 2.24) is 5.43 Å². The Morgan fingerprint density at radius 1 is 1.24 bits per heavy atom. The fourth-order valence-corrected chi connectivity index (χ4v) is 2.51. The van der Waals surface area contributed by atoms with Crippen LogP contribution in [0.4, 0.5) is 0 Å². The van der Waals surface area contributed by atoms with Crippen LogP contribution in [0.15, 0.2) is 0 Å². The smallest absolute Gasteiger partial charge is 0.0575 e. The van der Waals surface area contributed by atoms with Crippen LogP contribution in [0, 0.1) is 5.92 Å². The van der Waals surface area contributed by atoms with Crippen molar-refractivity contribution in [3.63, 3.8) is 0 Å². The van der Waals surface area contributed by atoms with Gasteiger partial charge in [0.05, 0.1) is 6.10 Å². The predicted octanol–water partition coefficient (Wildman–Crippen LogP) is 2.99. The van der Waals surface area contributed by atoms with Gasteiger partial charge in [-0.2, -0.15) is 0 Å². The van der Waals surface area contributed by atoms with Crippen LogP contribution in [0.5, 0.6) is 0 Å². The normalized spacial score (nSPS) is 22.9. The molecule has 0 radical (unpaired) electrons. The van der Waals surface area contributed by atoms with E-state index in [0.29, 0.717) is 12.1 Å². The topological polar surface area (TPSA) is 47.3 Å². The van der Waals surface area contributed by atoms with Crippen molar-refractivity contribution >= 4 is 0 Å². The molecule has 0 aromatic rings. The van der Waals surface area contributed by atoms with E-state index in [0.717, 1.165) is 25.4 Å². The summed E-state index contributed by atoms with van der Waals surface area (Å²) in [7, 11) is 0. The van der Waals surface area contributed by atoms with Gasteiger partial charge in [-0.15, -0.1) is 0 Å². The van der Waals surface area contributed by atoms with Crippen LogP contribution >= 0.6 is 0 Å². The second kappa shape index (κ2) is 8.90. The lowest BCUT2D eigenvalue weighted by molar-refractivity contribution is 0.00839. The molecule has 0 aliphatic carbocycles. The standard InChI is InChI=1S/C14H30N2O/c1-12(2)6-5-7-13(16-15)9-10-14-8-3-4-11-17-14/h12-14,16H,3-11,15H2,1-2H3. The summed E-state index contributed by atoms with van der Waals surface area (Å²) in [4.78, 5) is 0. The zero-order valence-electron chi connectivity index (χ0n) is 11.6. The first-order chi connectivity index (χ1) is 8.22. The maximum Gasteiger partial charge on any atom is 0.0575 e. The molecule has 3 heteroatoms. The molecule has 3 N–H and O–H groups in total. The Balaban J connectivity index is 2.08. The van der Waals surface area contributed by atoms with Gasteiger partial charge in [-0.25, -0.2) is 0 Å². The van der Waals surface area contributed by atoms with E-state index in [9.17, 15) is 0 Å². The molecule has 2 atom stereocenters. The Kier molecular flexibility index (Phi) is 7.82. The van der Waals surface area contributed by atoms with Crippen LogP contribution in [-0.2, 0) is 4.74 Å². The molecule has 0 aromatic heterocycles. The average Bonchev–Trinajstić information content (AvgIpc) is 2.34. The van der Waals surface area contributed by atoms with Crippen molar-refractivity contribution in [2.75, 3.05) is 6.61 Å². The van der Waals surface area contributed by atoms with Crippen LogP contribution in [0.25, 0.3) is 0 Å². The molecule has 0 spiro atoms. The summed E-state index contributed by atoms with van der Waals surface area (Å²) in [5, 5.41) is 0. The third-order valence-electron chi connectivity index (χ3n) is 3.68. The quantitative estimate of drug-likeness (QED) is 0.508. The van der Waals surface area contributed by atoms with Crippen molar-refractivity contribution < 1.29 is 4.74 Å². The molecular formula is C14H30N2O. The fourth-order valence-electron chi connectivity index (χ4n) is 2.51. The van der Waals surface area contributed by atoms with E-state index >= 15 is 0 Å². The van der Waals surface area contributed by atoms with Crippen molar-refractivity contribution in [2.45, 2.75) is 77.4 Å². The van der Waals surface area contributed by atoms with Gasteiger partial charge in [0.2, 0.25) is 0 Å². The van der Waals surface area contributed by atoms with Crippen LogP contribution in [0.2, 0.25) is 0 Å². The number of hydrazine groups is 1. The van der Waals surface area contributed by atoms with Gasteiger partial charge in [0.15, 0.2) is 0 Å². The maximum atomic E-state index is 5.75. The molecule has 1 aliphatic heterocycles. The van der Waals surface area contributed by atoms with E-state index in [1.54, 1.807) is 0 Å². The summed E-state index contributed by atoms with van der Waals surface area (Å²) in [6, 6.07) is 0.472. The number of ether oxygens (including phenoxy) is 1. The first-order valence-corrected chi connectivity index (χ1v) is 7.30. The largest absolute Gasteiger partial charge is 0.378 e. The van der Waals surface area contributed by atoms with Crippen molar-refractivity contribution in [3.8, 4) is 0 Å². The van der Waals surface area contributed by atoms with Gasteiger partial charge < -0.3 is 4.74 Å². The highest BCUT2D eigenvalue weighted by molar-refractivity contribution is 4.70. The van der Waals surface area contributed by atoms with Gasteiger partial charge in [-0.3, -0.25) is 11.3 Å². The molecule has 3 nitrogen and oxygen atoms in total. The lowest BCUT2D eigenvalue weighted by Gasteiger charge is -2.24. The third-order valence-corrected chi connectivity index (χ3v) is 3.68. The minimum absolute atomic E-state index is 0.472. The Labute approximate surface area is 106 Å². The Hall–Kier alpha value is -0.120. The molecule has 0 bridgehead atoms. The Morgan fingerprint density at radius 2 is 2.06 bits per heavy atom. The molecule has 1 saturated heterocycles. The molecule has 102 valence electrons. The lowest BCUT2D eigenvalue weighted by Crippen LogP contribution is -2.36. The average molecular weight is 242 g/mol. The highest BCUT2D eigenvalue weighted by Gasteiger charge is 2.16. The van der Waals surface area contributed by atoms with Crippen molar-refractivity contribution in [1.29, 1.82) is 0 Å². The molecular weight excluding hydrogens is 212 g/mol. The molecule has 17 heavy (non-hydrogen) atoms. The molecule has 0 aromatic carbocycles. The van der Waals surface area contributed by atoms with Crippen molar-refractivity contribution in [2.24, 2.45) is 11.8 Å². The SMILES string of the molecule is CC(C)CCCC(CCC1CCCCO1)NN. The third kappa shape index (κ3) is 7.02. The van der Waals surface area contributed by atoms with Gasteiger partial charge in [-0.1, -0.05) is 26.7 Å². The van der Waals surface area contributed by atoms with Gasteiger partial charge in [-0.05, 0) is 44.4 Å². The number of nitrogens with two attached hydrogens (primary N) is 1. The number of rotatable bonds is 8. The van der Waals surface area contributed by atoms with Gasteiger partial charge in [0, 0.05) is 12.6 Å². The molecule has 1 fully saturated rings. The van der Waals surface area contributed by atoms with E-state index in [1.165, 1.54) is 38.5 Å². The van der Waals surface area contributed by atoms with Gasteiger partial charge in [0.1, 0.15) is 0 Å². The van der Waals surface area contributed by atoms with E-state index in [4.69, 9.17) is 10.6 Å². The minimum Gasteiger partial charge on any atom is -0.378 e. The zero-order chi connectivity index (χ0) is 12.5. The maximum absolute atomic E-state index is 5.75. The van der Waals surface area contributed by atoms with Crippen molar-refractivity contribution in [3.05, 3.63) is 0 Å². The molecule has 0 amide bonds. The monoisotopic (exact) mass is 242 g/mol. The van der Waals surface area contributed by atoms with Crippen LogP contribution < -0.4 is 11.3 Å². The highest BCUT2D eigenvalue weighted by Crippen LogP contribution is 2.19. The number of hydrogen-bond acceptors (Lipinski definition) is 3. The zero-order valence-corrected chi connectivity index (χ0v) is 11.6. The lowest BCUT2D eigenvalue weighted by atomic mass is 9.97. The molecule has 1 heterocycles. The molecule has 1 aliphatic rings. The fraction of sp³-hybridized carbons (Fsp3) is 1.00. The van der Waals surface area contributed by atoms with Gasteiger partial charge >= 0.3 is 0 Å². The Morgan fingerprint density at radius 3 is 2.65 bits per heavy atom. The minimum atomic E-state index is 0.472. The van der Waals surface area contributed by atoms with Crippen LogP contribution in [0.3, 0.4) is 0 Å². The second-order valence-electron chi connectivity index (χ2n) is 5.75. The number of hydrogen-bond donors (Lipinski definition) is 2. The Bertz CT molecular complexity index is 179. The van der Waals surface area contributed by atoms with Crippen LogP contribution in [0.1, 0.15) is 65.2 Å². The van der Waals surface area contributed by atoms with E-state index in [2.05, 4.69) is 19.3 Å². The summed E-state index contributed by atoms with van der Waals surface area (Å²) in [5.74, 6) is 6.42. The summed E-state index contributed by atoms with van der Waals surface area (Å²) < 4.78 is 5.75. The first-order valence-electron chi connectivity index (χ1n) is 7.30. The summed E-state index contributed by atoms with van der Waals surface area (Å²) in [5.41, 5.74) is 2.96. The van der Waals surface area contributed by atoms with E-state index in [-0.39, 0.29) is 0 Å². The summed E-state index contributed by atoms with van der Waals surface area (Å²) in [6.45, 7) is 5.51. The van der Waals surface area contributed by atoms with E-state index in [1.807, 2.05) is 0 Å². The highest BCUT2D eigenvalue weighted by atomic mass is 16.5. The van der Waals surface area contributed by atoms with Crippen LogP contribution in [-0.4, -0.2) is 18.8 Å². The molecule has 1 rings (SSSR count). The second-order valence-corrected chi connectivity index (χ2v) is 5.75. The summed E-state index contributed by atoms with van der Waals surface area (Å²) >= 11 is 0. The van der Waals surface area contributed by atoms with Gasteiger partial charge in [0.25, 0.3) is 0 Å².